The van der Waals surface area contributed by atoms with Crippen molar-refractivity contribution >= 4 is 17.6 Å². The fourth-order valence-electron chi connectivity index (χ4n) is 1.47. The normalized spacial score (nSPS) is 20.4. The maximum atomic E-state index is 12.6. The molecule has 16 heavy (non-hydrogen) atoms. The molecule has 2 heterocycles. The molecule has 0 bridgehead atoms. The minimum Gasteiger partial charge on any atom is -0.358 e. The van der Waals surface area contributed by atoms with E-state index in [1.807, 2.05) is 0 Å². The highest BCUT2D eigenvalue weighted by molar-refractivity contribution is 6.01. The maximum absolute atomic E-state index is 12.6. The van der Waals surface area contributed by atoms with E-state index in [9.17, 15) is 14.0 Å². The highest BCUT2D eigenvalue weighted by atomic mass is 19.1. The van der Waals surface area contributed by atoms with Crippen molar-refractivity contribution in [2.45, 2.75) is 18.9 Å². The summed E-state index contributed by atoms with van der Waals surface area (Å²) in [5, 5.41) is 5.06. The average molecular weight is 223 g/mol. The van der Waals surface area contributed by atoms with Gasteiger partial charge in [-0.3, -0.25) is 14.9 Å². The maximum Gasteiger partial charge on any atom is 0.249 e. The van der Waals surface area contributed by atoms with Crippen LogP contribution in [0.25, 0.3) is 0 Å². The number of carbonyl (C=O) groups is 2. The van der Waals surface area contributed by atoms with Gasteiger partial charge in [0.05, 0.1) is 6.20 Å². The van der Waals surface area contributed by atoms with E-state index in [0.29, 0.717) is 18.7 Å². The molecule has 1 aliphatic heterocycles. The van der Waals surface area contributed by atoms with Gasteiger partial charge in [0.25, 0.3) is 0 Å². The molecule has 0 aromatic carbocycles. The molecule has 1 aliphatic rings. The predicted octanol–water partition coefficient (Wildman–Crippen LogP) is 0.438. The number of halogens is 1. The third-order valence-corrected chi connectivity index (χ3v) is 2.29. The summed E-state index contributed by atoms with van der Waals surface area (Å²) in [5.74, 6) is -0.665. The molecule has 0 aliphatic carbocycles. The lowest BCUT2D eigenvalue weighted by Gasteiger charge is -2.22. The van der Waals surface area contributed by atoms with Crippen LogP contribution in [0, 0.1) is 5.82 Å². The van der Waals surface area contributed by atoms with Gasteiger partial charge in [-0.25, -0.2) is 9.37 Å². The monoisotopic (exact) mass is 223 g/mol. The Labute approximate surface area is 91.1 Å². The second-order valence-corrected chi connectivity index (χ2v) is 3.51. The first-order chi connectivity index (χ1) is 7.65. The number of amides is 2. The van der Waals surface area contributed by atoms with Gasteiger partial charge in [-0.05, 0) is 18.6 Å². The van der Waals surface area contributed by atoms with E-state index in [4.69, 9.17) is 0 Å². The van der Waals surface area contributed by atoms with E-state index >= 15 is 0 Å². The molecule has 1 fully saturated rings. The third-order valence-electron chi connectivity index (χ3n) is 2.29. The standard InChI is InChI=1S/C10H10FN3O2/c11-6-1-3-8(12-5-6)13-7-2-4-9(15)14-10(7)16/h1,3,5,7H,2,4H2,(H,12,13)(H,14,15,16). The van der Waals surface area contributed by atoms with Crippen LogP contribution in [-0.2, 0) is 9.59 Å². The van der Waals surface area contributed by atoms with Gasteiger partial charge in [-0.1, -0.05) is 0 Å². The lowest BCUT2D eigenvalue weighted by molar-refractivity contribution is -0.133. The van der Waals surface area contributed by atoms with Crippen LogP contribution >= 0.6 is 0 Å². The molecular formula is C10H10FN3O2. The molecule has 0 radical (unpaired) electrons. The molecule has 2 amide bonds. The van der Waals surface area contributed by atoms with Crippen LogP contribution in [0.1, 0.15) is 12.8 Å². The quantitative estimate of drug-likeness (QED) is 0.713. The number of pyridine rings is 1. The summed E-state index contributed by atoms with van der Waals surface area (Å²) < 4.78 is 12.6. The fourth-order valence-corrected chi connectivity index (χ4v) is 1.47. The Morgan fingerprint density at radius 1 is 1.44 bits per heavy atom. The molecule has 2 N–H and O–H groups in total. The van der Waals surface area contributed by atoms with Gasteiger partial charge in [0.1, 0.15) is 17.7 Å². The Kier molecular flexibility index (Phi) is 2.80. The first-order valence-corrected chi connectivity index (χ1v) is 4.87. The van der Waals surface area contributed by atoms with Gasteiger partial charge in [0.2, 0.25) is 11.8 Å². The first kappa shape index (κ1) is 10.5. The predicted molar refractivity (Wildman–Crippen MR) is 54.0 cm³/mol. The highest BCUT2D eigenvalue weighted by Gasteiger charge is 2.26. The molecule has 0 saturated carbocycles. The fraction of sp³-hybridized carbons (Fsp3) is 0.300. The van der Waals surface area contributed by atoms with E-state index < -0.39 is 11.9 Å². The molecule has 5 nitrogen and oxygen atoms in total. The Morgan fingerprint density at radius 3 is 2.88 bits per heavy atom. The van der Waals surface area contributed by atoms with Gasteiger partial charge < -0.3 is 5.32 Å². The molecule has 1 aromatic rings. The Balaban J connectivity index is 2.02. The van der Waals surface area contributed by atoms with Crippen LogP contribution in [0.2, 0.25) is 0 Å². The zero-order valence-electron chi connectivity index (χ0n) is 8.37. The van der Waals surface area contributed by atoms with Crippen LogP contribution in [0.3, 0.4) is 0 Å². The smallest absolute Gasteiger partial charge is 0.249 e. The van der Waals surface area contributed by atoms with E-state index in [-0.39, 0.29) is 11.8 Å². The van der Waals surface area contributed by atoms with Crippen molar-refractivity contribution in [3.8, 4) is 0 Å². The van der Waals surface area contributed by atoms with Gasteiger partial charge in [0.15, 0.2) is 0 Å². The number of nitrogens with one attached hydrogen (secondary N) is 2. The summed E-state index contributed by atoms with van der Waals surface area (Å²) in [6, 6.07) is 2.20. The third kappa shape index (κ3) is 2.33. The molecule has 84 valence electrons. The number of piperidine rings is 1. The van der Waals surface area contributed by atoms with Crippen LogP contribution in [0.4, 0.5) is 10.2 Å². The summed E-state index contributed by atoms with van der Waals surface area (Å²) in [4.78, 5) is 26.0. The highest BCUT2D eigenvalue weighted by Crippen LogP contribution is 2.11. The summed E-state index contributed by atoms with van der Waals surface area (Å²) in [6.07, 6.45) is 1.78. The van der Waals surface area contributed by atoms with Crippen LogP contribution in [0.5, 0.6) is 0 Å². The van der Waals surface area contributed by atoms with Gasteiger partial charge >= 0.3 is 0 Å². The van der Waals surface area contributed by atoms with Crippen molar-refractivity contribution in [3.05, 3.63) is 24.1 Å². The number of hydrogen-bond donors (Lipinski definition) is 2. The van der Waals surface area contributed by atoms with Crippen LogP contribution in [0.15, 0.2) is 18.3 Å². The summed E-state index contributed by atoms with van der Waals surface area (Å²) >= 11 is 0. The summed E-state index contributed by atoms with van der Waals surface area (Å²) in [5.41, 5.74) is 0. The number of anilines is 1. The van der Waals surface area contributed by atoms with E-state index in [2.05, 4.69) is 15.6 Å². The van der Waals surface area contributed by atoms with Crippen molar-refractivity contribution in [1.29, 1.82) is 0 Å². The van der Waals surface area contributed by atoms with E-state index in [1.165, 1.54) is 12.1 Å². The van der Waals surface area contributed by atoms with Crippen molar-refractivity contribution in [2.75, 3.05) is 5.32 Å². The SMILES string of the molecule is O=C1CCC(Nc2ccc(F)cn2)C(=O)N1. The molecule has 1 saturated heterocycles. The lowest BCUT2D eigenvalue weighted by atomic mass is 10.1. The molecule has 6 heteroatoms. The second-order valence-electron chi connectivity index (χ2n) is 3.51. The van der Waals surface area contributed by atoms with Gasteiger partial charge in [-0.2, -0.15) is 0 Å². The van der Waals surface area contributed by atoms with Gasteiger partial charge in [0, 0.05) is 6.42 Å². The van der Waals surface area contributed by atoms with Crippen LogP contribution in [-0.4, -0.2) is 22.8 Å². The van der Waals surface area contributed by atoms with Crippen LogP contribution < -0.4 is 10.6 Å². The van der Waals surface area contributed by atoms with Crippen molar-refractivity contribution in [3.63, 3.8) is 0 Å². The molecule has 2 rings (SSSR count). The Morgan fingerprint density at radius 2 is 2.25 bits per heavy atom. The second kappa shape index (κ2) is 4.26. The number of nitrogens with zero attached hydrogens (tertiary/aromatic N) is 1. The summed E-state index contributed by atoms with van der Waals surface area (Å²) in [7, 11) is 0. The largest absolute Gasteiger partial charge is 0.358 e. The number of hydrogen-bond acceptors (Lipinski definition) is 4. The Hall–Kier alpha value is -1.98. The number of aromatic nitrogens is 1. The zero-order chi connectivity index (χ0) is 11.5. The van der Waals surface area contributed by atoms with Crippen molar-refractivity contribution in [1.82, 2.24) is 10.3 Å². The molecule has 0 spiro atoms. The van der Waals surface area contributed by atoms with Crippen molar-refractivity contribution < 1.29 is 14.0 Å². The van der Waals surface area contributed by atoms with E-state index in [1.54, 1.807) is 0 Å². The van der Waals surface area contributed by atoms with Crippen molar-refractivity contribution in [2.24, 2.45) is 0 Å². The topological polar surface area (TPSA) is 71.1 Å². The first-order valence-electron chi connectivity index (χ1n) is 4.87. The minimum atomic E-state index is -0.490. The molecular weight excluding hydrogens is 213 g/mol. The zero-order valence-corrected chi connectivity index (χ0v) is 8.37. The van der Waals surface area contributed by atoms with E-state index in [0.717, 1.165) is 6.20 Å². The number of carbonyl (C=O) groups excluding carboxylic acids is 2. The molecule has 1 aromatic heterocycles. The minimum absolute atomic E-state index is 0.268. The molecule has 1 unspecified atom stereocenters. The summed E-state index contributed by atoms with van der Waals surface area (Å²) in [6.45, 7) is 0. The average Bonchev–Trinajstić information content (AvgIpc) is 2.25. The number of imide groups is 1. The lowest BCUT2D eigenvalue weighted by Crippen LogP contribution is -2.47. The van der Waals surface area contributed by atoms with Gasteiger partial charge in [-0.15, -0.1) is 0 Å². The Bertz CT molecular complexity index is 419. The number of rotatable bonds is 2. The molecule has 1 atom stereocenters.